The van der Waals surface area contributed by atoms with Crippen molar-refractivity contribution in [3.05, 3.63) is 60.2 Å². The number of allylic oxidation sites excluding steroid dienone is 2. The van der Waals surface area contributed by atoms with Crippen molar-refractivity contribution < 1.29 is 9.53 Å². The number of benzene rings is 1. The zero-order valence-electron chi connectivity index (χ0n) is 13.1. The predicted molar refractivity (Wildman–Crippen MR) is 87.6 cm³/mol. The van der Waals surface area contributed by atoms with Crippen LogP contribution in [-0.2, 0) is 11.2 Å². The molecule has 0 bridgehead atoms. The molecule has 3 atom stereocenters. The van der Waals surface area contributed by atoms with Gasteiger partial charge in [-0.1, -0.05) is 56.0 Å². The van der Waals surface area contributed by atoms with Gasteiger partial charge in [0.25, 0.3) is 0 Å². The Labute approximate surface area is 132 Å². The van der Waals surface area contributed by atoms with Gasteiger partial charge in [-0.2, -0.15) is 0 Å². The number of carbonyl (C=O) groups is 1. The Morgan fingerprint density at radius 1 is 1.36 bits per heavy atom. The normalized spacial score (nSPS) is 28.2. The number of ether oxygens (including phenoxy) is 1. The van der Waals surface area contributed by atoms with Crippen molar-refractivity contribution in [3.63, 3.8) is 0 Å². The van der Waals surface area contributed by atoms with Gasteiger partial charge in [0.2, 0.25) is 0 Å². The minimum absolute atomic E-state index is 0.144. The van der Waals surface area contributed by atoms with Gasteiger partial charge in [-0.25, -0.2) is 4.79 Å². The molecule has 2 aliphatic rings. The van der Waals surface area contributed by atoms with Crippen LogP contribution >= 0.6 is 0 Å². The van der Waals surface area contributed by atoms with Crippen LogP contribution in [0.3, 0.4) is 0 Å². The molecule has 0 saturated carbocycles. The van der Waals surface area contributed by atoms with E-state index in [9.17, 15) is 4.79 Å². The molecule has 116 valence electrons. The summed E-state index contributed by atoms with van der Waals surface area (Å²) in [5, 5.41) is 0. The van der Waals surface area contributed by atoms with Gasteiger partial charge in [-0.05, 0) is 36.3 Å². The largest absolute Gasteiger partial charge is 0.447 e. The topological polar surface area (TPSA) is 29.5 Å². The summed E-state index contributed by atoms with van der Waals surface area (Å²) >= 11 is 0. The Morgan fingerprint density at radius 2 is 2.14 bits per heavy atom. The minimum atomic E-state index is -0.159. The van der Waals surface area contributed by atoms with E-state index in [4.69, 9.17) is 4.74 Å². The smallest absolute Gasteiger partial charge is 0.410 e. The molecule has 0 N–H and O–H groups in total. The van der Waals surface area contributed by atoms with Gasteiger partial charge in [0.05, 0.1) is 6.04 Å². The lowest BCUT2D eigenvalue weighted by Gasteiger charge is -2.35. The maximum atomic E-state index is 12.2. The Balaban J connectivity index is 1.74. The highest BCUT2D eigenvalue weighted by molar-refractivity contribution is 5.70. The third kappa shape index (κ3) is 2.94. The highest BCUT2D eigenvalue weighted by Gasteiger charge is 2.39. The lowest BCUT2D eigenvalue weighted by atomic mass is 9.85. The van der Waals surface area contributed by atoms with E-state index in [1.165, 1.54) is 11.1 Å². The highest BCUT2D eigenvalue weighted by Crippen LogP contribution is 2.32. The summed E-state index contributed by atoms with van der Waals surface area (Å²) in [5.74, 6) is 0.446. The fourth-order valence-electron chi connectivity index (χ4n) is 3.59. The second-order valence-electron chi connectivity index (χ2n) is 6.26. The van der Waals surface area contributed by atoms with Crippen molar-refractivity contribution in [1.29, 1.82) is 0 Å². The molecule has 3 nitrogen and oxygen atoms in total. The maximum absolute atomic E-state index is 12.2. The van der Waals surface area contributed by atoms with E-state index in [2.05, 4.69) is 31.7 Å². The van der Waals surface area contributed by atoms with Crippen molar-refractivity contribution in [3.8, 4) is 0 Å². The standard InChI is InChI=1S/C19H23NO2/c1-3-16-9-10-17(11-14(16)2)20-18(13-22-19(20)21)12-15-7-5-4-6-8-15/h3-9,14,17-18H,1,10-13H2,2H3/t14-,17+,18+/m0/s1. The summed E-state index contributed by atoms with van der Waals surface area (Å²) in [6.07, 6.45) is 6.73. The summed E-state index contributed by atoms with van der Waals surface area (Å²) in [7, 11) is 0. The van der Waals surface area contributed by atoms with Crippen molar-refractivity contribution in [2.75, 3.05) is 6.61 Å². The number of hydrogen-bond acceptors (Lipinski definition) is 2. The molecule has 1 fully saturated rings. The van der Waals surface area contributed by atoms with E-state index in [-0.39, 0.29) is 18.2 Å². The molecule has 3 rings (SSSR count). The van der Waals surface area contributed by atoms with Crippen LogP contribution in [0.25, 0.3) is 0 Å². The Hall–Kier alpha value is -2.03. The first kappa shape index (κ1) is 14.9. The summed E-state index contributed by atoms with van der Waals surface area (Å²) in [5.41, 5.74) is 2.55. The molecule has 1 aromatic rings. The number of amides is 1. The average molecular weight is 297 g/mol. The number of hydrogen-bond donors (Lipinski definition) is 0. The van der Waals surface area contributed by atoms with E-state index in [0.717, 1.165) is 19.3 Å². The molecule has 1 amide bonds. The summed E-state index contributed by atoms with van der Waals surface area (Å²) < 4.78 is 5.34. The van der Waals surface area contributed by atoms with E-state index < -0.39 is 0 Å². The van der Waals surface area contributed by atoms with Crippen LogP contribution in [0, 0.1) is 5.92 Å². The molecule has 1 aliphatic heterocycles. The first-order chi connectivity index (χ1) is 10.7. The zero-order chi connectivity index (χ0) is 15.5. The molecular formula is C19H23NO2. The molecule has 0 radical (unpaired) electrons. The number of cyclic esters (lactones) is 1. The van der Waals surface area contributed by atoms with Crippen LogP contribution < -0.4 is 0 Å². The molecule has 0 aromatic heterocycles. The Kier molecular flexibility index (Phi) is 4.32. The molecule has 0 unspecified atom stereocenters. The van der Waals surface area contributed by atoms with Crippen molar-refractivity contribution in [2.24, 2.45) is 5.92 Å². The SMILES string of the molecule is C=CC1=CC[C@@H](N2C(=O)OC[C@H]2Cc2ccccc2)C[C@@H]1C. The molecule has 0 spiro atoms. The fourth-order valence-corrected chi connectivity index (χ4v) is 3.59. The van der Waals surface area contributed by atoms with Crippen LogP contribution in [0.15, 0.2) is 54.6 Å². The third-order valence-electron chi connectivity index (χ3n) is 4.77. The molecule has 1 heterocycles. The quantitative estimate of drug-likeness (QED) is 0.842. The van der Waals surface area contributed by atoms with Crippen molar-refractivity contribution in [2.45, 2.75) is 38.3 Å². The van der Waals surface area contributed by atoms with E-state index in [1.807, 2.05) is 29.2 Å². The fraction of sp³-hybridized carbons (Fsp3) is 0.421. The van der Waals surface area contributed by atoms with E-state index >= 15 is 0 Å². The summed E-state index contributed by atoms with van der Waals surface area (Å²) in [6.45, 7) is 6.57. The van der Waals surface area contributed by atoms with Gasteiger partial charge in [-0.3, -0.25) is 4.90 Å². The number of carbonyl (C=O) groups excluding carboxylic acids is 1. The first-order valence-corrected chi connectivity index (χ1v) is 8.00. The van der Waals surface area contributed by atoms with E-state index in [0.29, 0.717) is 12.5 Å². The lowest BCUT2D eigenvalue weighted by molar-refractivity contribution is 0.137. The van der Waals surface area contributed by atoms with Gasteiger partial charge >= 0.3 is 6.09 Å². The molecular weight excluding hydrogens is 274 g/mol. The van der Waals surface area contributed by atoms with Crippen LogP contribution in [0.2, 0.25) is 0 Å². The predicted octanol–water partition coefficient (Wildman–Crippen LogP) is 3.96. The van der Waals surface area contributed by atoms with Gasteiger partial charge in [0, 0.05) is 6.04 Å². The van der Waals surface area contributed by atoms with Crippen LogP contribution in [0.5, 0.6) is 0 Å². The second-order valence-corrected chi connectivity index (χ2v) is 6.26. The minimum Gasteiger partial charge on any atom is -0.447 e. The maximum Gasteiger partial charge on any atom is 0.410 e. The van der Waals surface area contributed by atoms with Gasteiger partial charge in [0.15, 0.2) is 0 Å². The zero-order valence-corrected chi connectivity index (χ0v) is 13.1. The first-order valence-electron chi connectivity index (χ1n) is 8.00. The van der Waals surface area contributed by atoms with Crippen LogP contribution in [0.1, 0.15) is 25.3 Å². The Bertz CT molecular complexity index is 578. The van der Waals surface area contributed by atoms with E-state index in [1.54, 1.807) is 0 Å². The molecule has 3 heteroatoms. The van der Waals surface area contributed by atoms with Gasteiger partial charge in [-0.15, -0.1) is 0 Å². The van der Waals surface area contributed by atoms with Gasteiger partial charge in [0.1, 0.15) is 6.61 Å². The second kappa shape index (κ2) is 6.39. The Morgan fingerprint density at radius 3 is 2.82 bits per heavy atom. The molecule has 1 aliphatic carbocycles. The highest BCUT2D eigenvalue weighted by atomic mass is 16.6. The third-order valence-corrected chi connectivity index (χ3v) is 4.77. The monoisotopic (exact) mass is 297 g/mol. The molecule has 1 saturated heterocycles. The van der Waals surface area contributed by atoms with Gasteiger partial charge < -0.3 is 4.74 Å². The summed E-state index contributed by atoms with van der Waals surface area (Å²) in [4.78, 5) is 14.2. The van der Waals surface area contributed by atoms with Crippen LogP contribution in [0.4, 0.5) is 4.79 Å². The van der Waals surface area contributed by atoms with Crippen LogP contribution in [-0.4, -0.2) is 29.7 Å². The summed E-state index contributed by atoms with van der Waals surface area (Å²) in [6, 6.07) is 10.7. The average Bonchev–Trinajstić information content (AvgIpc) is 2.89. The number of nitrogens with zero attached hydrogens (tertiary/aromatic N) is 1. The molecule has 22 heavy (non-hydrogen) atoms. The van der Waals surface area contributed by atoms with Crippen molar-refractivity contribution in [1.82, 2.24) is 4.90 Å². The number of rotatable bonds is 4. The lowest BCUT2D eigenvalue weighted by Crippen LogP contribution is -2.44. The van der Waals surface area contributed by atoms with Crippen molar-refractivity contribution >= 4 is 6.09 Å². The molecule has 1 aromatic carbocycles.